The third-order valence-corrected chi connectivity index (χ3v) is 4.16. The van der Waals surface area contributed by atoms with E-state index in [2.05, 4.69) is 11.1 Å². The lowest BCUT2D eigenvalue weighted by molar-refractivity contribution is 0.0780. The number of nitriles is 1. The van der Waals surface area contributed by atoms with E-state index in [4.69, 9.17) is 9.68 Å². The molecule has 23 heavy (non-hydrogen) atoms. The van der Waals surface area contributed by atoms with Gasteiger partial charge < -0.3 is 9.32 Å². The average molecular weight is 323 g/mol. The normalized spacial score (nSPS) is 10.3. The Labute approximate surface area is 137 Å². The maximum absolute atomic E-state index is 12.4. The van der Waals surface area contributed by atoms with Crippen LogP contribution in [-0.4, -0.2) is 22.8 Å². The fourth-order valence-corrected chi connectivity index (χ4v) is 2.87. The number of amides is 1. The second kappa shape index (κ2) is 6.46. The van der Waals surface area contributed by atoms with Crippen LogP contribution >= 0.6 is 11.3 Å². The third-order valence-electron chi connectivity index (χ3n) is 3.30. The van der Waals surface area contributed by atoms with Gasteiger partial charge in [0.2, 0.25) is 0 Å². The minimum absolute atomic E-state index is 0.150. The largest absolute Gasteiger partial charge is 0.462 e. The molecule has 1 aromatic carbocycles. The molecular formula is C17H13N3O2S. The Kier molecular flexibility index (Phi) is 4.22. The molecule has 5 nitrogen and oxygen atoms in total. The molecule has 3 rings (SSSR count). The molecule has 0 aliphatic heterocycles. The summed E-state index contributed by atoms with van der Waals surface area (Å²) in [4.78, 5) is 18.4. The van der Waals surface area contributed by atoms with Gasteiger partial charge in [-0.2, -0.15) is 5.26 Å². The number of hydrogen-bond donors (Lipinski definition) is 0. The van der Waals surface area contributed by atoms with Crippen LogP contribution in [0.2, 0.25) is 0 Å². The summed E-state index contributed by atoms with van der Waals surface area (Å²) < 4.78 is 5.29. The van der Waals surface area contributed by atoms with Crippen molar-refractivity contribution in [3.05, 3.63) is 64.9 Å². The number of furan rings is 1. The second-order valence-corrected chi connectivity index (χ2v) is 5.84. The monoisotopic (exact) mass is 323 g/mol. The highest BCUT2D eigenvalue weighted by atomic mass is 32.1. The molecular weight excluding hydrogens is 310 g/mol. The highest BCUT2D eigenvalue weighted by Gasteiger charge is 2.17. The van der Waals surface area contributed by atoms with Crippen LogP contribution in [0.15, 0.2) is 52.5 Å². The maximum Gasteiger partial charge on any atom is 0.273 e. The van der Waals surface area contributed by atoms with Crippen LogP contribution in [0.4, 0.5) is 0 Å². The van der Waals surface area contributed by atoms with Gasteiger partial charge in [0.25, 0.3) is 5.91 Å². The number of hydrogen-bond acceptors (Lipinski definition) is 5. The van der Waals surface area contributed by atoms with E-state index in [0.717, 1.165) is 5.56 Å². The van der Waals surface area contributed by atoms with Gasteiger partial charge in [-0.05, 0) is 29.8 Å². The summed E-state index contributed by atoms with van der Waals surface area (Å²) in [5, 5.41) is 11.2. The molecule has 0 fully saturated rings. The fraction of sp³-hybridized carbons (Fsp3) is 0.118. The van der Waals surface area contributed by atoms with E-state index in [1.807, 2.05) is 18.2 Å². The molecule has 6 heteroatoms. The topological polar surface area (TPSA) is 70.1 Å². The van der Waals surface area contributed by atoms with Crippen molar-refractivity contribution in [3.63, 3.8) is 0 Å². The van der Waals surface area contributed by atoms with E-state index in [9.17, 15) is 4.79 Å². The number of carbonyl (C=O) groups is 1. The van der Waals surface area contributed by atoms with Crippen molar-refractivity contribution < 1.29 is 9.21 Å². The molecule has 0 saturated heterocycles. The second-order valence-electron chi connectivity index (χ2n) is 4.99. The van der Waals surface area contributed by atoms with E-state index >= 15 is 0 Å². The van der Waals surface area contributed by atoms with Crippen molar-refractivity contribution in [1.29, 1.82) is 5.26 Å². The molecule has 0 unspecified atom stereocenters. The van der Waals surface area contributed by atoms with Crippen molar-refractivity contribution in [2.24, 2.45) is 0 Å². The number of carbonyl (C=O) groups excluding carboxylic acids is 1. The van der Waals surface area contributed by atoms with Crippen molar-refractivity contribution in [1.82, 2.24) is 9.88 Å². The Balaban J connectivity index is 1.71. The summed E-state index contributed by atoms with van der Waals surface area (Å²) in [5.74, 6) is 0.507. The SMILES string of the molecule is CN(Cc1ccc(C#N)cc1)C(=O)c1csc(-c2ccco2)n1. The summed E-state index contributed by atoms with van der Waals surface area (Å²) in [5.41, 5.74) is 1.96. The molecule has 0 bridgehead atoms. The van der Waals surface area contributed by atoms with Gasteiger partial charge in [0.15, 0.2) is 10.8 Å². The van der Waals surface area contributed by atoms with Crippen molar-refractivity contribution in [2.75, 3.05) is 7.05 Å². The smallest absolute Gasteiger partial charge is 0.273 e. The molecule has 0 aliphatic rings. The summed E-state index contributed by atoms with van der Waals surface area (Å²) in [6.07, 6.45) is 1.58. The molecule has 2 aromatic heterocycles. The van der Waals surface area contributed by atoms with Crippen LogP contribution in [0.1, 0.15) is 21.6 Å². The molecule has 3 aromatic rings. The zero-order valence-corrected chi connectivity index (χ0v) is 13.2. The molecule has 0 aliphatic carbocycles. The van der Waals surface area contributed by atoms with Crippen LogP contribution in [0, 0.1) is 11.3 Å². The van der Waals surface area contributed by atoms with Crippen LogP contribution in [0.25, 0.3) is 10.8 Å². The van der Waals surface area contributed by atoms with Crippen molar-refractivity contribution in [2.45, 2.75) is 6.54 Å². The molecule has 0 N–H and O–H groups in total. The van der Waals surface area contributed by atoms with Gasteiger partial charge in [0.05, 0.1) is 17.9 Å². The molecule has 0 atom stereocenters. The lowest BCUT2D eigenvalue weighted by atomic mass is 10.1. The van der Waals surface area contributed by atoms with E-state index in [1.165, 1.54) is 11.3 Å². The Hall–Kier alpha value is -2.91. The van der Waals surface area contributed by atoms with Gasteiger partial charge in [-0.25, -0.2) is 4.98 Å². The van der Waals surface area contributed by atoms with Crippen LogP contribution < -0.4 is 0 Å². The van der Waals surface area contributed by atoms with Gasteiger partial charge in [-0.1, -0.05) is 12.1 Å². The molecule has 114 valence electrons. The highest BCUT2D eigenvalue weighted by molar-refractivity contribution is 7.13. The first-order chi connectivity index (χ1) is 11.2. The van der Waals surface area contributed by atoms with E-state index < -0.39 is 0 Å². The van der Waals surface area contributed by atoms with Gasteiger partial charge in [0.1, 0.15) is 5.69 Å². The number of aromatic nitrogens is 1. The molecule has 0 radical (unpaired) electrons. The van der Waals surface area contributed by atoms with Crippen LogP contribution in [0.5, 0.6) is 0 Å². The van der Waals surface area contributed by atoms with Crippen molar-refractivity contribution in [3.8, 4) is 16.8 Å². The Bertz CT molecular complexity index is 845. The molecule has 0 saturated carbocycles. The minimum Gasteiger partial charge on any atom is -0.462 e. The zero-order chi connectivity index (χ0) is 16.2. The number of rotatable bonds is 4. The number of nitrogens with zero attached hydrogens (tertiary/aromatic N) is 3. The minimum atomic E-state index is -0.150. The van der Waals surface area contributed by atoms with Gasteiger partial charge in [-0.3, -0.25) is 4.79 Å². The Morgan fingerprint density at radius 1 is 1.35 bits per heavy atom. The third kappa shape index (κ3) is 3.30. The van der Waals surface area contributed by atoms with Gasteiger partial charge in [-0.15, -0.1) is 11.3 Å². The Morgan fingerprint density at radius 2 is 2.13 bits per heavy atom. The fourth-order valence-electron chi connectivity index (χ4n) is 2.11. The van der Waals surface area contributed by atoms with Crippen LogP contribution in [-0.2, 0) is 6.54 Å². The molecule has 0 spiro atoms. The van der Waals surface area contributed by atoms with Gasteiger partial charge in [0, 0.05) is 19.0 Å². The zero-order valence-electron chi connectivity index (χ0n) is 12.4. The first kappa shape index (κ1) is 15.0. The van der Waals surface area contributed by atoms with E-state index in [0.29, 0.717) is 28.6 Å². The van der Waals surface area contributed by atoms with E-state index in [1.54, 1.807) is 41.8 Å². The molecule has 1 amide bonds. The first-order valence-corrected chi connectivity index (χ1v) is 7.79. The van der Waals surface area contributed by atoms with Gasteiger partial charge >= 0.3 is 0 Å². The van der Waals surface area contributed by atoms with Crippen molar-refractivity contribution >= 4 is 17.2 Å². The number of thiazole rings is 1. The standard InChI is InChI=1S/C17H13N3O2S/c1-20(10-13-6-4-12(9-18)5-7-13)17(21)14-11-23-16(19-14)15-3-2-8-22-15/h2-8,11H,10H2,1H3. The lowest BCUT2D eigenvalue weighted by Gasteiger charge is -2.15. The summed E-state index contributed by atoms with van der Waals surface area (Å²) >= 11 is 1.38. The number of benzene rings is 1. The predicted octanol–water partition coefficient (Wildman–Crippen LogP) is 3.55. The molecule has 2 heterocycles. The predicted molar refractivity (Wildman–Crippen MR) is 86.8 cm³/mol. The maximum atomic E-state index is 12.4. The lowest BCUT2D eigenvalue weighted by Crippen LogP contribution is -2.26. The quantitative estimate of drug-likeness (QED) is 0.736. The Morgan fingerprint density at radius 3 is 2.78 bits per heavy atom. The first-order valence-electron chi connectivity index (χ1n) is 6.91. The van der Waals surface area contributed by atoms with Crippen LogP contribution in [0.3, 0.4) is 0 Å². The van der Waals surface area contributed by atoms with E-state index in [-0.39, 0.29) is 5.91 Å². The highest BCUT2D eigenvalue weighted by Crippen LogP contribution is 2.24. The average Bonchev–Trinajstić information content (AvgIpc) is 3.26. The summed E-state index contributed by atoms with van der Waals surface area (Å²) in [7, 11) is 1.73. The summed E-state index contributed by atoms with van der Waals surface area (Å²) in [6, 6.07) is 12.8. The summed E-state index contributed by atoms with van der Waals surface area (Å²) in [6.45, 7) is 0.457.